The molecule has 2 aliphatic carbocycles. The Kier molecular flexibility index (Phi) is 18.9. The van der Waals surface area contributed by atoms with Gasteiger partial charge < -0.3 is 9.47 Å². The Hall–Kier alpha value is -4.77. The van der Waals surface area contributed by atoms with Crippen LogP contribution in [0.1, 0.15) is 118 Å². The predicted octanol–water partition coefficient (Wildman–Crippen LogP) is 6.25. The molecule has 57 heavy (non-hydrogen) atoms. The predicted molar refractivity (Wildman–Crippen MR) is 228 cm³/mol. The van der Waals surface area contributed by atoms with Crippen molar-refractivity contribution in [3.63, 3.8) is 0 Å². The minimum absolute atomic E-state index is 0. The monoisotopic (exact) mass is 840 g/mol. The quantitative estimate of drug-likeness (QED) is 0.0609. The van der Waals surface area contributed by atoms with Crippen LogP contribution in [0.2, 0.25) is 0 Å². The van der Waals surface area contributed by atoms with E-state index in [1.807, 2.05) is 79.7 Å². The number of aryl methyl sites for hydroxylation is 4. The van der Waals surface area contributed by atoms with Gasteiger partial charge in [-0.25, -0.2) is 15.8 Å². The van der Waals surface area contributed by atoms with Crippen molar-refractivity contribution in [3.8, 4) is 11.8 Å². The Labute approximate surface area is 352 Å². The highest BCUT2D eigenvalue weighted by Crippen LogP contribution is 2.31. The van der Waals surface area contributed by atoms with Crippen LogP contribution >= 0.6 is 38.6 Å². The molecule has 2 saturated carbocycles. The summed E-state index contributed by atoms with van der Waals surface area (Å²) in [7, 11) is 0. The second-order valence-electron chi connectivity index (χ2n) is 13.6. The summed E-state index contributed by atoms with van der Waals surface area (Å²) in [6.45, 7) is 15.3. The zero-order valence-electron chi connectivity index (χ0n) is 33.5. The van der Waals surface area contributed by atoms with Gasteiger partial charge in [0.25, 0.3) is 11.8 Å². The molecule has 0 unspecified atom stereocenters. The van der Waals surface area contributed by atoms with Crippen molar-refractivity contribution in [3.05, 3.63) is 105 Å². The van der Waals surface area contributed by atoms with Crippen molar-refractivity contribution in [1.29, 1.82) is 0 Å². The zero-order valence-corrected chi connectivity index (χ0v) is 36.2. The Balaban J connectivity index is 0.000000337. The molecule has 308 valence electrons. The van der Waals surface area contributed by atoms with Gasteiger partial charge >= 0.3 is 0 Å². The van der Waals surface area contributed by atoms with Crippen molar-refractivity contribution in [2.75, 3.05) is 0 Å². The number of hydrogen-bond donors (Lipinski definition) is 4. The molecule has 2 atom stereocenters. The summed E-state index contributed by atoms with van der Waals surface area (Å²) in [5.41, 5.74) is 13.5. The summed E-state index contributed by atoms with van der Waals surface area (Å²) in [5, 5.41) is -0.157. The number of carbonyl (C=O) groups is 4. The lowest BCUT2D eigenvalue weighted by Gasteiger charge is -2.17. The van der Waals surface area contributed by atoms with E-state index >= 15 is 0 Å². The molecule has 4 aromatic rings. The third-order valence-electron chi connectivity index (χ3n) is 9.05. The Bertz CT molecular complexity index is 2010. The van der Waals surface area contributed by atoms with E-state index in [2.05, 4.69) is 36.2 Å². The number of benzene rings is 2. The molecule has 0 spiro atoms. The first-order valence-corrected chi connectivity index (χ1v) is 18.4. The molecule has 2 aromatic heterocycles. The van der Waals surface area contributed by atoms with Gasteiger partial charge in [0.05, 0.1) is 0 Å². The third kappa shape index (κ3) is 14.6. The molecule has 5 N–H and O–H groups in total. The largest absolute Gasteiger partial charge is 0.469 e. The van der Waals surface area contributed by atoms with Gasteiger partial charge in [-0.15, -0.1) is 0 Å². The van der Waals surface area contributed by atoms with Gasteiger partial charge in [0.2, 0.25) is 22.9 Å². The smallest absolute Gasteiger partial charge is 0.269 e. The minimum Gasteiger partial charge on any atom is -0.469 e. The fraction of sp³-hybridized carbons (Fsp3) is 0.400. The highest BCUT2D eigenvalue weighted by Gasteiger charge is 2.30. The number of nitrogens with zero attached hydrogens (tertiary/aromatic N) is 4. The molecule has 14 nitrogen and oxygen atoms in total. The molecule has 2 aliphatic rings. The van der Waals surface area contributed by atoms with Crippen LogP contribution in [0, 0.1) is 53.4 Å². The maximum absolute atomic E-state index is 12.1. The summed E-state index contributed by atoms with van der Waals surface area (Å²) >= 11 is 5.04. The average molecular weight is 842 g/mol. The first kappa shape index (κ1) is 48.4. The average Bonchev–Trinajstić information content (AvgIpc) is 4.09. The number of rotatable bonds is 10. The number of nitrogens with one attached hydrogen (secondary N) is 3. The molecule has 3 amide bonds. The van der Waals surface area contributed by atoms with E-state index in [0.717, 1.165) is 59.3 Å². The Morgan fingerprint density at radius 1 is 0.632 bits per heavy atom. The van der Waals surface area contributed by atoms with Crippen molar-refractivity contribution < 1.29 is 28.7 Å². The van der Waals surface area contributed by atoms with E-state index in [9.17, 15) is 19.2 Å². The fourth-order valence-corrected chi connectivity index (χ4v) is 5.24. The van der Waals surface area contributed by atoms with Crippen molar-refractivity contribution in [1.82, 2.24) is 36.2 Å². The zero-order chi connectivity index (χ0) is 40.4. The van der Waals surface area contributed by atoms with Crippen molar-refractivity contribution >= 4 is 61.6 Å². The van der Waals surface area contributed by atoms with E-state index in [4.69, 9.17) is 26.9 Å². The molecule has 0 bridgehead atoms. The van der Waals surface area contributed by atoms with Crippen LogP contribution in [0.25, 0.3) is 0 Å². The van der Waals surface area contributed by atoms with Crippen molar-refractivity contribution in [2.45, 2.75) is 93.3 Å². The second kappa shape index (κ2) is 22.2. The van der Waals surface area contributed by atoms with Crippen LogP contribution in [0.15, 0.2) is 48.5 Å². The lowest BCUT2D eigenvalue weighted by Crippen LogP contribution is -2.42. The van der Waals surface area contributed by atoms with Crippen LogP contribution < -0.4 is 31.6 Å². The van der Waals surface area contributed by atoms with Gasteiger partial charge in [0.15, 0.2) is 0 Å². The molecule has 2 aromatic carbocycles. The van der Waals surface area contributed by atoms with E-state index in [-0.39, 0.29) is 74.0 Å². The number of amides is 3. The third-order valence-corrected chi connectivity index (χ3v) is 9.36. The van der Waals surface area contributed by atoms with Crippen LogP contribution in [0.4, 0.5) is 0 Å². The summed E-state index contributed by atoms with van der Waals surface area (Å²) in [4.78, 5) is 62.4. The topological polar surface area (TPSA) is 200 Å². The van der Waals surface area contributed by atoms with E-state index in [0.29, 0.717) is 34.5 Å². The number of nitrogens with two attached hydrogens (primary N) is 1. The molecule has 17 heteroatoms. The van der Waals surface area contributed by atoms with Gasteiger partial charge in [0, 0.05) is 45.5 Å². The normalized spacial score (nSPS) is 13.6. The van der Waals surface area contributed by atoms with E-state index < -0.39 is 0 Å². The standard InChI is InChI=1S/C20H24N4O3.C16H20N4O2.C4H5ClO.2H2S/c1-11-12(2)21-14(4)22-20(11)27-13(3)15-5-7-16(8-6-15)18(25)23-24-19(26)17-9-10-17;1-9-10(2)18-12(4)19-16(9)22-11(3)13-5-7-14(8-6-13)15(21)20-17;5-4(6)3-1-2-3;;/h5-8,13,17H,9-10H2,1-4H3,(H,23,25)(H,24,26);5-8,11H,17H2,1-4H3,(H,20,21);3H,1-2H2;2*1H2/t13-;11-;;;/m00.../s1. The summed E-state index contributed by atoms with van der Waals surface area (Å²) in [5.74, 6) is 7.08. The Morgan fingerprint density at radius 3 is 1.35 bits per heavy atom. The molecule has 0 radical (unpaired) electrons. The number of carbonyl (C=O) groups excluding carboxylic acids is 4. The lowest BCUT2D eigenvalue weighted by molar-refractivity contribution is -0.123. The summed E-state index contributed by atoms with van der Waals surface area (Å²) in [6.07, 6.45) is 3.38. The molecule has 0 saturated heterocycles. The van der Waals surface area contributed by atoms with Gasteiger partial charge in [-0.3, -0.25) is 35.5 Å². The minimum atomic E-state index is -0.345. The molecular formula is C40H53ClN8O6S2. The van der Waals surface area contributed by atoms with Crippen LogP contribution in [-0.4, -0.2) is 42.9 Å². The summed E-state index contributed by atoms with van der Waals surface area (Å²) < 4.78 is 11.9. The number of hydrazine groups is 2. The SMILES string of the molecule is Cc1nc(C)c(C)c(O[C@@H](C)c2ccc(C(=O)NN)cc2)n1.Cc1nc(C)c(C)c(O[C@@H](C)c2ccc(C(=O)NNC(=O)C3CC3)cc2)n1.O=C(Cl)C1CC1.S.S. The number of halogens is 1. The van der Waals surface area contributed by atoms with Gasteiger partial charge in [-0.05, 0) is 128 Å². The summed E-state index contributed by atoms with van der Waals surface area (Å²) in [6, 6.07) is 14.2. The van der Waals surface area contributed by atoms with Gasteiger partial charge in [0.1, 0.15) is 23.9 Å². The van der Waals surface area contributed by atoms with Crippen LogP contribution in [0.5, 0.6) is 11.8 Å². The highest BCUT2D eigenvalue weighted by molar-refractivity contribution is 7.59. The molecule has 2 fully saturated rings. The van der Waals surface area contributed by atoms with E-state index in [1.54, 1.807) is 24.3 Å². The van der Waals surface area contributed by atoms with Gasteiger partial charge in [-0.2, -0.15) is 37.0 Å². The molecule has 0 aliphatic heterocycles. The first-order valence-electron chi connectivity index (χ1n) is 18.0. The molecular weight excluding hydrogens is 788 g/mol. The maximum Gasteiger partial charge on any atom is 0.269 e. The number of aromatic nitrogens is 4. The number of hydrogen-bond acceptors (Lipinski definition) is 11. The second-order valence-corrected chi connectivity index (χ2v) is 14.0. The van der Waals surface area contributed by atoms with Crippen LogP contribution in [0.3, 0.4) is 0 Å². The molecule has 6 rings (SSSR count). The highest BCUT2D eigenvalue weighted by atomic mass is 35.5. The lowest BCUT2D eigenvalue weighted by atomic mass is 10.1. The van der Waals surface area contributed by atoms with E-state index in [1.165, 1.54) is 0 Å². The maximum atomic E-state index is 12.1. The number of ether oxygens (including phenoxy) is 2. The number of nitrogen functional groups attached to an aromatic ring is 1. The Morgan fingerprint density at radius 2 is 1.02 bits per heavy atom. The van der Waals surface area contributed by atoms with Crippen LogP contribution in [-0.2, 0) is 9.59 Å². The first-order chi connectivity index (χ1) is 26.1. The fourth-order valence-electron chi connectivity index (χ4n) is 5.02. The van der Waals surface area contributed by atoms with Gasteiger partial charge in [-0.1, -0.05) is 24.3 Å². The molecule has 2 heterocycles. The van der Waals surface area contributed by atoms with Crippen molar-refractivity contribution in [2.24, 2.45) is 17.7 Å².